The van der Waals surface area contributed by atoms with Crippen LogP contribution in [0.3, 0.4) is 0 Å². The molecule has 0 saturated carbocycles. The Bertz CT molecular complexity index is 464. The second-order valence-electron chi connectivity index (χ2n) is 7.10. The molecule has 0 aromatic carbocycles. The molecule has 0 radical (unpaired) electrons. The van der Waals surface area contributed by atoms with Crippen molar-refractivity contribution in [1.82, 2.24) is 0 Å². The Balaban J connectivity index is 3.24. The van der Waals surface area contributed by atoms with E-state index in [9.17, 15) is 4.79 Å². The van der Waals surface area contributed by atoms with Crippen LogP contribution in [0.1, 0.15) is 96.8 Å². The van der Waals surface area contributed by atoms with Gasteiger partial charge in [0.25, 0.3) is 0 Å². The number of hydrogen-bond acceptors (Lipinski definition) is 3. The molecular weight excluding hydrogens is 352 g/mol. The van der Waals surface area contributed by atoms with Crippen LogP contribution in [0.4, 0.5) is 0 Å². The zero-order valence-corrected chi connectivity index (χ0v) is 17.9. The van der Waals surface area contributed by atoms with Gasteiger partial charge in [-0.25, -0.2) is 0 Å². The van der Waals surface area contributed by atoms with E-state index in [0.717, 1.165) is 45.1 Å². The van der Waals surface area contributed by atoms with Crippen LogP contribution in [0.2, 0.25) is 0 Å². The van der Waals surface area contributed by atoms with Gasteiger partial charge in [0.2, 0.25) is 0 Å². The van der Waals surface area contributed by atoms with Gasteiger partial charge in [-0.05, 0) is 31.1 Å². The Kier molecular flexibility index (Phi) is 22.3. The average molecular weight is 393 g/mol. The molecule has 0 atom stereocenters. The lowest BCUT2D eigenvalue weighted by Crippen LogP contribution is -1.96. The minimum Gasteiger partial charge on any atom is -0.481 e. The zero-order valence-electron chi connectivity index (χ0n) is 17.9. The SMILES string of the molecule is CCCCCCCCCCOCC#CC#CCOCCCCCCCC(=O)O. The molecular formula is C24H40O4. The lowest BCUT2D eigenvalue weighted by Gasteiger charge is -2.01. The lowest BCUT2D eigenvalue weighted by molar-refractivity contribution is -0.137. The molecule has 0 fully saturated rings. The van der Waals surface area contributed by atoms with Crippen molar-refractivity contribution < 1.29 is 19.4 Å². The first kappa shape index (κ1) is 26.5. The zero-order chi connectivity index (χ0) is 20.5. The number of unbranched alkanes of at least 4 members (excludes halogenated alkanes) is 11. The normalized spacial score (nSPS) is 10.0. The fourth-order valence-corrected chi connectivity index (χ4v) is 2.76. The molecule has 0 aromatic rings. The van der Waals surface area contributed by atoms with Gasteiger partial charge in [0, 0.05) is 19.6 Å². The summed E-state index contributed by atoms with van der Waals surface area (Å²) in [6.45, 7) is 4.60. The molecule has 28 heavy (non-hydrogen) atoms. The van der Waals surface area contributed by atoms with Gasteiger partial charge in [-0.3, -0.25) is 4.79 Å². The van der Waals surface area contributed by atoms with Gasteiger partial charge >= 0.3 is 5.97 Å². The molecule has 4 nitrogen and oxygen atoms in total. The van der Waals surface area contributed by atoms with Crippen LogP contribution in [0.5, 0.6) is 0 Å². The van der Waals surface area contributed by atoms with Gasteiger partial charge < -0.3 is 14.6 Å². The number of carbonyl (C=O) groups is 1. The smallest absolute Gasteiger partial charge is 0.303 e. The van der Waals surface area contributed by atoms with Gasteiger partial charge in [0.05, 0.1) is 0 Å². The molecule has 0 bridgehead atoms. The highest BCUT2D eigenvalue weighted by atomic mass is 16.5. The van der Waals surface area contributed by atoms with Crippen molar-refractivity contribution in [3.63, 3.8) is 0 Å². The molecule has 0 amide bonds. The third kappa shape index (κ3) is 24.5. The lowest BCUT2D eigenvalue weighted by atomic mass is 10.1. The summed E-state index contributed by atoms with van der Waals surface area (Å²) in [5.41, 5.74) is 0. The topological polar surface area (TPSA) is 55.8 Å². The fraction of sp³-hybridized carbons (Fsp3) is 0.792. The van der Waals surface area contributed by atoms with E-state index in [2.05, 4.69) is 30.6 Å². The Labute approximate surface area is 172 Å². The van der Waals surface area contributed by atoms with Crippen LogP contribution in [0.15, 0.2) is 0 Å². The number of rotatable bonds is 19. The van der Waals surface area contributed by atoms with E-state index in [4.69, 9.17) is 14.6 Å². The van der Waals surface area contributed by atoms with Crippen LogP contribution >= 0.6 is 0 Å². The second kappa shape index (κ2) is 23.5. The van der Waals surface area contributed by atoms with E-state index in [1.807, 2.05) is 0 Å². The van der Waals surface area contributed by atoms with E-state index in [1.54, 1.807) is 0 Å². The van der Waals surface area contributed by atoms with Crippen molar-refractivity contribution in [2.75, 3.05) is 26.4 Å². The van der Waals surface area contributed by atoms with Crippen molar-refractivity contribution in [1.29, 1.82) is 0 Å². The summed E-state index contributed by atoms with van der Waals surface area (Å²) in [5.74, 6) is 10.6. The minimum absolute atomic E-state index is 0.275. The molecule has 0 rings (SSSR count). The van der Waals surface area contributed by atoms with Crippen molar-refractivity contribution >= 4 is 5.97 Å². The summed E-state index contributed by atoms with van der Waals surface area (Å²) in [4.78, 5) is 10.4. The summed E-state index contributed by atoms with van der Waals surface area (Å²) in [6, 6.07) is 0. The summed E-state index contributed by atoms with van der Waals surface area (Å²) in [6.07, 6.45) is 15.6. The fourth-order valence-electron chi connectivity index (χ4n) is 2.76. The van der Waals surface area contributed by atoms with Gasteiger partial charge in [-0.15, -0.1) is 0 Å². The van der Waals surface area contributed by atoms with E-state index < -0.39 is 5.97 Å². The van der Waals surface area contributed by atoms with Crippen LogP contribution < -0.4 is 0 Å². The number of hydrogen-bond donors (Lipinski definition) is 1. The second-order valence-corrected chi connectivity index (χ2v) is 7.10. The molecule has 0 spiro atoms. The van der Waals surface area contributed by atoms with Crippen molar-refractivity contribution in [3.05, 3.63) is 0 Å². The van der Waals surface area contributed by atoms with E-state index in [-0.39, 0.29) is 6.42 Å². The predicted molar refractivity (Wildman–Crippen MR) is 115 cm³/mol. The first-order valence-corrected chi connectivity index (χ1v) is 11.1. The third-order valence-corrected chi connectivity index (χ3v) is 4.41. The van der Waals surface area contributed by atoms with Gasteiger partial charge in [-0.2, -0.15) is 0 Å². The van der Waals surface area contributed by atoms with Gasteiger partial charge in [0.15, 0.2) is 0 Å². The summed E-state index contributed by atoms with van der Waals surface area (Å²) >= 11 is 0. The number of ether oxygens (including phenoxy) is 2. The highest BCUT2D eigenvalue weighted by Crippen LogP contribution is 2.08. The Hall–Kier alpha value is -1.49. The van der Waals surface area contributed by atoms with Gasteiger partial charge in [0.1, 0.15) is 13.2 Å². The van der Waals surface area contributed by atoms with Crippen LogP contribution in [-0.4, -0.2) is 37.5 Å². The maximum Gasteiger partial charge on any atom is 0.303 e. The van der Waals surface area contributed by atoms with E-state index >= 15 is 0 Å². The molecule has 0 aliphatic carbocycles. The highest BCUT2D eigenvalue weighted by Gasteiger charge is 1.96. The van der Waals surface area contributed by atoms with Crippen molar-refractivity contribution in [2.24, 2.45) is 0 Å². The third-order valence-electron chi connectivity index (χ3n) is 4.41. The largest absolute Gasteiger partial charge is 0.481 e. The average Bonchev–Trinajstić information content (AvgIpc) is 2.68. The minimum atomic E-state index is -0.708. The molecule has 1 N–H and O–H groups in total. The first-order chi connectivity index (χ1) is 13.8. The maximum atomic E-state index is 10.4. The predicted octanol–water partition coefficient (Wildman–Crippen LogP) is 5.59. The molecule has 0 heterocycles. The quantitative estimate of drug-likeness (QED) is 0.230. The molecule has 0 aliphatic rings. The van der Waals surface area contributed by atoms with Crippen LogP contribution in [0, 0.1) is 23.7 Å². The highest BCUT2D eigenvalue weighted by molar-refractivity contribution is 5.66. The molecule has 0 aliphatic heterocycles. The molecule has 4 heteroatoms. The van der Waals surface area contributed by atoms with E-state index in [0.29, 0.717) is 19.8 Å². The van der Waals surface area contributed by atoms with Crippen LogP contribution in [-0.2, 0) is 14.3 Å². The Morgan fingerprint density at radius 3 is 1.57 bits per heavy atom. The van der Waals surface area contributed by atoms with E-state index in [1.165, 1.54) is 44.9 Å². The summed E-state index contributed by atoms with van der Waals surface area (Å²) in [5, 5.41) is 8.54. The Morgan fingerprint density at radius 1 is 0.679 bits per heavy atom. The monoisotopic (exact) mass is 392 g/mol. The molecule has 0 aromatic heterocycles. The maximum absolute atomic E-state index is 10.4. The van der Waals surface area contributed by atoms with Gasteiger partial charge in [-0.1, -0.05) is 83.0 Å². The van der Waals surface area contributed by atoms with Crippen LogP contribution in [0.25, 0.3) is 0 Å². The number of carboxylic acid groups (broad SMARTS) is 1. The number of carboxylic acids is 1. The first-order valence-electron chi connectivity index (χ1n) is 11.1. The molecule has 0 unspecified atom stereocenters. The standard InChI is InChI=1S/C24H40O4/c1-2-3-4-5-6-7-10-15-20-27-22-17-12-13-18-23-28-21-16-11-8-9-14-19-24(25)26/h2-11,14-16,19-23H2,1H3,(H,25,26). The van der Waals surface area contributed by atoms with Crippen molar-refractivity contribution in [3.8, 4) is 23.7 Å². The summed E-state index contributed by atoms with van der Waals surface area (Å²) in [7, 11) is 0. The van der Waals surface area contributed by atoms with Crippen molar-refractivity contribution in [2.45, 2.75) is 96.8 Å². The molecule has 0 saturated heterocycles. The summed E-state index contributed by atoms with van der Waals surface area (Å²) < 4.78 is 10.9. The number of aliphatic carboxylic acids is 1. The Morgan fingerprint density at radius 2 is 1.11 bits per heavy atom. The molecule has 160 valence electrons.